The van der Waals surface area contributed by atoms with Crippen LogP contribution in [0.2, 0.25) is 10.0 Å². The molecule has 1 aromatic carbocycles. The van der Waals surface area contributed by atoms with E-state index in [1.165, 1.54) is 6.08 Å². The number of aromatic nitrogens is 2. The maximum Gasteiger partial charge on any atom is 0.417 e. The zero-order valence-corrected chi connectivity index (χ0v) is 22.0. The molecule has 37 heavy (non-hydrogen) atoms. The summed E-state index contributed by atoms with van der Waals surface area (Å²) in [7, 11) is 0. The van der Waals surface area contributed by atoms with E-state index in [4.69, 9.17) is 33.9 Å². The molecule has 1 aromatic heterocycles. The highest BCUT2D eigenvalue weighted by molar-refractivity contribution is 6.36. The number of amides is 1. The number of hydrogen-bond donors (Lipinski definition) is 2. The summed E-state index contributed by atoms with van der Waals surface area (Å²) in [5.74, 6) is 0.512. The summed E-state index contributed by atoms with van der Waals surface area (Å²) in [5, 5.41) is 3.79. The van der Waals surface area contributed by atoms with E-state index in [0.29, 0.717) is 46.4 Å². The van der Waals surface area contributed by atoms with Crippen molar-refractivity contribution in [2.24, 2.45) is 11.7 Å². The van der Waals surface area contributed by atoms with Crippen molar-refractivity contribution in [2.45, 2.75) is 38.9 Å². The van der Waals surface area contributed by atoms with Gasteiger partial charge in [-0.15, -0.1) is 0 Å². The predicted molar refractivity (Wildman–Crippen MR) is 142 cm³/mol. The molecule has 1 aliphatic heterocycles. The third-order valence-electron chi connectivity index (χ3n) is 5.91. The molecule has 1 aliphatic rings. The van der Waals surface area contributed by atoms with Gasteiger partial charge in [0.25, 0.3) is 0 Å². The summed E-state index contributed by atoms with van der Waals surface area (Å²) in [6.07, 6.45) is 0.929. The molecule has 1 amide bonds. The third-order valence-corrected chi connectivity index (χ3v) is 6.46. The second-order valence-corrected chi connectivity index (χ2v) is 9.80. The van der Waals surface area contributed by atoms with E-state index in [0.717, 1.165) is 18.9 Å². The lowest BCUT2D eigenvalue weighted by atomic mass is 10.0. The summed E-state index contributed by atoms with van der Waals surface area (Å²) in [5.41, 5.74) is 5.45. The number of nitrogens with two attached hydrogens (primary N) is 1. The Bertz CT molecular complexity index is 1220. The Hall–Kier alpha value is -3.04. The van der Waals surface area contributed by atoms with Crippen molar-refractivity contribution in [1.82, 2.24) is 15.3 Å². The first-order chi connectivity index (χ1) is 17.4. The molecular weight excluding hydrogens is 526 g/mol. The normalized spacial score (nSPS) is 15.5. The summed E-state index contributed by atoms with van der Waals surface area (Å²) in [6, 6.07) is 4.94. The number of halogens is 5. The van der Waals surface area contributed by atoms with E-state index in [2.05, 4.69) is 16.9 Å². The zero-order valence-electron chi connectivity index (χ0n) is 20.4. The molecule has 1 fully saturated rings. The number of anilines is 1. The zero-order chi connectivity index (χ0) is 27.3. The van der Waals surface area contributed by atoms with Crippen LogP contribution in [0.1, 0.15) is 32.4 Å². The van der Waals surface area contributed by atoms with Gasteiger partial charge in [-0.25, -0.2) is 4.98 Å². The molecule has 2 aromatic rings. The van der Waals surface area contributed by atoms with Gasteiger partial charge in [-0.3, -0.25) is 9.78 Å². The van der Waals surface area contributed by atoms with Crippen LogP contribution in [0.15, 0.2) is 54.9 Å². The molecule has 0 aliphatic carbocycles. The summed E-state index contributed by atoms with van der Waals surface area (Å²) in [6.45, 7) is 8.88. The van der Waals surface area contributed by atoms with Crippen LogP contribution in [0.4, 0.5) is 19.0 Å². The maximum absolute atomic E-state index is 13.1. The standard InChI is InChI=1S/C26H28Cl2F3N5O/c1-15(2)25(37)34-19-8-10-36(11-9-19)22-14-33-23(16(3)4-5-17(13-32)26(29,30)31)24(35-22)20-7-6-18(27)12-21(20)28/h4-7,12-15,19H,3,8-11,32H2,1-2H3,(H,34,37)/b5-4-,17-13+. The molecule has 2 heterocycles. The molecule has 11 heteroatoms. The van der Waals surface area contributed by atoms with Gasteiger partial charge in [-0.05, 0) is 42.7 Å². The Kier molecular flexibility index (Phi) is 9.26. The van der Waals surface area contributed by atoms with Crippen molar-refractivity contribution < 1.29 is 18.0 Å². The summed E-state index contributed by atoms with van der Waals surface area (Å²) >= 11 is 12.5. The quantitative estimate of drug-likeness (QED) is 0.401. The highest BCUT2D eigenvalue weighted by Crippen LogP contribution is 2.35. The molecule has 198 valence electrons. The first-order valence-electron chi connectivity index (χ1n) is 11.6. The minimum Gasteiger partial charge on any atom is -0.404 e. The average molecular weight is 554 g/mol. The number of piperidine rings is 1. The van der Waals surface area contributed by atoms with Gasteiger partial charge < -0.3 is 16.0 Å². The van der Waals surface area contributed by atoms with E-state index in [1.807, 2.05) is 18.7 Å². The van der Waals surface area contributed by atoms with Crippen LogP contribution in [-0.2, 0) is 4.79 Å². The van der Waals surface area contributed by atoms with Crippen LogP contribution in [0.5, 0.6) is 0 Å². The molecule has 3 rings (SSSR count). The van der Waals surface area contributed by atoms with Gasteiger partial charge in [-0.1, -0.05) is 49.7 Å². The van der Waals surface area contributed by atoms with Crippen LogP contribution in [0, 0.1) is 5.92 Å². The Labute approximate surface area is 224 Å². The van der Waals surface area contributed by atoms with Crippen LogP contribution in [0.25, 0.3) is 16.8 Å². The largest absolute Gasteiger partial charge is 0.417 e. The molecule has 0 unspecified atom stereocenters. The Morgan fingerprint density at radius 1 is 1.24 bits per heavy atom. The number of carbonyl (C=O) groups is 1. The lowest BCUT2D eigenvalue weighted by Gasteiger charge is -2.33. The minimum absolute atomic E-state index is 0.0204. The van der Waals surface area contributed by atoms with Gasteiger partial charge in [0.15, 0.2) is 0 Å². The van der Waals surface area contributed by atoms with Crippen LogP contribution >= 0.6 is 23.2 Å². The second-order valence-electron chi connectivity index (χ2n) is 8.95. The first kappa shape index (κ1) is 28.5. The predicted octanol–water partition coefficient (Wildman–Crippen LogP) is 6.17. The number of nitrogens with one attached hydrogen (secondary N) is 1. The van der Waals surface area contributed by atoms with E-state index in [1.54, 1.807) is 24.4 Å². The van der Waals surface area contributed by atoms with E-state index in [9.17, 15) is 18.0 Å². The number of rotatable bonds is 7. The number of alkyl halides is 3. The Balaban J connectivity index is 1.92. The van der Waals surface area contributed by atoms with Crippen LogP contribution < -0.4 is 16.0 Å². The fourth-order valence-electron chi connectivity index (χ4n) is 3.77. The van der Waals surface area contributed by atoms with Gasteiger partial charge in [-0.2, -0.15) is 13.2 Å². The van der Waals surface area contributed by atoms with Crippen molar-refractivity contribution >= 4 is 40.5 Å². The third kappa shape index (κ3) is 7.26. The van der Waals surface area contributed by atoms with Crippen molar-refractivity contribution in [3.05, 3.63) is 70.6 Å². The van der Waals surface area contributed by atoms with Crippen LogP contribution in [-0.4, -0.2) is 41.2 Å². The summed E-state index contributed by atoms with van der Waals surface area (Å²) < 4.78 is 39.3. The van der Waals surface area contributed by atoms with Gasteiger partial charge in [0, 0.05) is 41.8 Å². The number of benzene rings is 1. The van der Waals surface area contributed by atoms with E-state index < -0.39 is 11.7 Å². The van der Waals surface area contributed by atoms with Gasteiger partial charge in [0.1, 0.15) is 11.5 Å². The number of nitrogens with zero attached hydrogens (tertiary/aromatic N) is 3. The summed E-state index contributed by atoms with van der Waals surface area (Å²) in [4.78, 5) is 23.4. The van der Waals surface area contributed by atoms with Crippen molar-refractivity contribution in [3.8, 4) is 11.3 Å². The SMILES string of the molecule is C=C(/C=C\C(=C/N)C(F)(F)F)c1ncc(N2CCC(NC(=O)C(C)C)CC2)nc1-c1ccc(Cl)cc1Cl. The van der Waals surface area contributed by atoms with Gasteiger partial charge >= 0.3 is 6.18 Å². The van der Waals surface area contributed by atoms with Gasteiger partial charge in [0.05, 0.1) is 22.5 Å². The average Bonchev–Trinajstić information content (AvgIpc) is 2.83. The van der Waals surface area contributed by atoms with Crippen LogP contribution in [0.3, 0.4) is 0 Å². The van der Waals surface area contributed by atoms with Gasteiger partial charge in [0.2, 0.25) is 5.91 Å². The topological polar surface area (TPSA) is 84.1 Å². The molecular formula is C26H28Cl2F3N5O. The highest BCUT2D eigenvalue weighted by Gasteiger charge is 2.31. The Morgan fingerprint density at radius 3 is 2.49 bits per heavy atom. The molecule has 0 spiro atoms. The number of allylic oxidation sites excluding steroid dienone is 4. The Morgan fingerprint density at radius 2 is 1.92 bits per heavy atom. The van der Waals surface area contributed by atoms with E-state index in [-0.39, 0.29) is 29.1 Å². The maximum atomic E-state index is 13.1. The molecule has 1 saturated heterocycles. The number of hydrogen-bond acceptors (Lipinski definition) is 5. The fourth-order valence-corrected chi connectivity index (χ4v) is 4.27. The van der Waals surface area contributed by atoms with Crippen molar-refractivity contribution in [1.29, 1.82) is 0 Å². The molecule has 3 N–H and O–H groups in total. The molecule has 6 nitrogen and oxygen atoms in total. The second kappa shape index (κ2) is 12.0. The molecule has 0 radical (unpaired) electrons. The first-order valence-corrected chi connectivity index (χ1v) is 12.4. The minimum atomic E-state index is -4.61. The lowest BCUT2D eigenvalue weighted by Crippen LogP contribution is -2.46. The van der Waals surface area contributed by atoms with Crippen molar-refractivity contribution in [2.75, 3.05) is 18.0 Å². The number of carbonyl (C=O) groups excluding carboxylic acids is 1. The van der Waals surface area contributed by atoms with E-state index >= 15 is 0 Å². The highest BCUT2D eigenvalue weighted by atomic mass is 35.5. The monoisotopic (exact) mass is 553 g/mol. The van der Waals surface area contributed by atoms with Crippen molar-refractivity contribution in [3.63, 3.8) is 0 Å². The molecule has 0 bridgehead atoms. The fraction of sp³-hybridized carbons (Fsp3) is 0.346. The molecule has 0 atom stereocenters. The lowest BCUT2D eigenvalue weighted by molar-refractivity contribution is -0.124. The smallest absolute Gasteiger partial charge is 0.404 e. The molecule has 0 saturated carbocycles.